The second-order valence-corrected chi connectivity index (χ2v) is 8.40. The minimum Gasteiger partial charge on any atom is -0.501 e. The smallest absolute Gasteiger partial charge is 0.323 e. The third-order valence-corrected chi connectivity index (χ3v) is 5.71. The number of Topliss-reactive ketones (excluding diaryl/α,β-unsaturated/α-hetero) is 2. The molecule has 1 aliphatic heterocycles. The predicted octanol–water partition coefficient (Wildman–Crippen LogP) is 5.32. The van der Waals surface area contributed by atoms with E-state index in [0.29, 0.717) is 11.3 Å². The predicted molar refractivity (Wildman–Crippen MR) is 140 cm³/mol. The van der Waals surface area contributed by atoms with E-state index in [1.807, 2.05) is 27.7 Å². The molecule has 1 amide bonds. The number of nitrogens with zero attached hydrogens (tertiary/aromatic N) is 1. The zero-order chi connectivity index (χ0) is 27.5. The number of aliphatic carboxylic acids is 1. The second kappa shape index (κ2) is 14.0. The molecule has 1 heterocycles. The largest absolute Gasteiger partial charge is 0.501 e. The highest BCUT2D eigenvalue weighted by atomic mass is 16.5. The van der Waals surface area contributed by atoms with Crippen LogP contribution in [0.15, 0.2) is 54.3 Å². The van der Waals surface area contributed by atoms with Crippen LogP contribution < -0.4 is 4.90 Å². The van der Waals surface area contributed by atoms with E-state index in [4.69, 9.17) is 9.84 Å². The number of rotatable bonds is 8. The molecule has 2 rings (SSSR count). The minimum atomic E-state index is -1.61. The fourth-order valence-corrected chi connectivity index (χ4v) is 3.65. The summed E-state index contributed by atoms with van der Waals surface area (Å²) in [6.45, 7) is 19.1. The third-order valence-electron chi connectivity index (χ3n) is 5.71. The van der Waals surface area contributed by atoms with Crippen molar-refractivity contribution in [3.63, 3.8) is 0 Å². The summed E-state index contributed by atoms with van der Waals surface area (Å²) in [5, 5.41) is 9.02. The molecule has 1 aliphatic rings. The van der Waals surface area contributed by atoms with Crippen molar-refractivity contribution in [1.29, 1.82) is 0 Å². The second-order valence-electron chi connectivity index (χ2n) is 8.40. The van der Waals surface area contributed by atoms with Gasteiger partial charge in [-0.3, -0.25) is 24.1 Å². The lowest BCUT2D eigenvalue weighted by molar-refractivity contribution is -0.139. The van der Waals surface area contributed by atoms with Crippen LogP contribution >= 0.6 is 0 Å². The molecule has 1 atom stereocenters. The summed E-state index contributed by atoms with van der Waals surface area (Å²) in [6.07, 6.45) is 2.49. The Hall–Kier alpha value is -3.48. The van der Waals surface area contributed by atoms with Crippen molar-refractivity contribution in [3.8, 4) is 0 Å². The molecular formula is C28H39NO6. The summed E-state index contributed by atoms with van der Waals surface area (Å²) in [6, 6.07) is 5.04. The molecule has 0 aliphatic carbocycles. The number of carboxylic acids is 1. The van der Waals surface area contributed by atoms with Crippen LogP contribution in [0.25, 0.3) is 0 Å². The summed E-state index contributed by atoms with van der Waals surface area (Å²) in [5.41, 5.74) is 2.35. The Labute approximate surface area is 209 Å². The number of anilines is 1. The number of fused-ring (bicyclic) bond motifs is 1. The van der Waals surface area contributed by atoms with Gasteiger partial charge in [-0.15, -0.1) is 6.58 Å². The van der Waals surface area contributed by atoms with Crippen LogP contribution in [-0.2, 0) is 29.3 Å². The van der Waals surface area contributed by atoms with Crippen molar-refractivity contribution < 1.29 is 29.0 Å². The molecule has 1 unspecified atom stereocenters. The molecule has 1 aromatic carbocycles. The first-order valence-corrected chi connectivity index (χ1v) is 11.4. The first kappa shape index (κ1) is 31.5. The Bertz CT molecular complexity index is 1020. The number of carboxylic acid groups (broad SMARTS) is 1. The van der Waals surface area contributed by atoms with Gasteiger partial charge in [-0.05, 0) is 70.7 Å². The quantitative estimate of drug-likeness (QED) is 0.232. The van der Waals surface area contributed by atoms with E-state index in [9.17, 15) is 19.2 Å². The molecule has 192 valence electrons. The van der Waals surface area contributed by atoms with Crippen LogP contribution in [0.1, 0.15) is 65.5 Å². The van der Waals surface area contributed by atoms with Crippen molar-refractivity contribution in [3.05, 3.63) is 65.5 Å². The first-order valence-electron chi connectivity index (χ1n) is 11.4. The lowest BCUT2D eigenvalue weighted by atomic mass is 9.74. The number of aryl methyl sites for hydroxylation is 1. The summed E-state index contributed by atoms with van der Waals surface area (Å²) >= 11 is 0. The zero-order valence-corrected chi connectivity index (χ0v) is 22.3. The normalized spacial score (nSPS) is 16.5. The molecule has 35 heavy (non-hydrogen) atoms. The van der Waals surface area contributed by atoms with Gasteiger partial charge in [-0.1, -0.05) is 37.3 Å². The standard InChI is InChI=1S/C16H17NO5.C9H16O.C3H6/c1-9-4-5-13-12(6-9)16(11(3)19,7-10(2)18)15(22)17(13)8-14(20)21;1-6-7(2)8(3)9(4)10-5;1-3-2/h4-6H,7-8H2,1-3H3,(H,20,21);2,6H2,1,3-5H3;3H,1H2,2H3/b;9-8+;. The molecule has 0 spiro atoms. The van der Waals surface area contributed by atoms with Crippen LogP contribution in [0.2, 0.25) is 0 Å². The van der Waals surface area contributed by atoms with Crippen molar-refractivity contribution in [2.24, 2.45) is 0 Å². The molecule has 1 N–H and O–H groups in total. The van der Waals surface area contributed by atoms with Crippen LogP contribution in [-0.4, -0.2) is 42.2 Å². The van der Waals surface area contributed by atoms with Crippen molar-refractivity contribution in [2.75, 3.05) is 18.6 Å². The lowest BCUT2D eigenvalue weighted by Crippen LogP contribution is -2.47. The van der Waals surface area contributed by atoms with Gasteiger partial charge in [-0.2, -0.15) is 0 Å². The first-order chi connectivity index (χ1) is 16.2. The number of allylic oxidation sites excluding steroid dienone is 4. The van der Waals surface area contributed by atoms with Gasteiger partial charge in [0.1, 0.15) is 23.5 Å². The van der Waals surface area contributed by atoms with E-state index >= 15 is 0 Å². The highest BCUT2D eigenvalue weighted by Gasteiger charge is 2.55. The van der Waals surface area contributed by atoms with E-state index in [0.717, 1.165) is 28.2 Å². The van der Waals surface area contributed by atoms with Gasteiger partial charge in [0.25, 0.3) is 0 Å². The van der Waals surface area contributed by atoms with E-state index < -0.39 is 29.6 Å². The molecule has 0 saturated carbocycles. The maximum absolute atomic E-state index is 12.8. The Morgan fingerprint density at radius 3 is 2.11 bits per heavy atom. The van der Waals surface area contributed by atoms with Gasteiger partial charge in [0.2, 0.25) is 5.91 Å². The zero-order valence-electron chi connectivity index (χ0n) is 22.3. The Kier molecular flexibility index (Phi) is 12.6. The fourth-order valence-electron chi connectivity index (χ4n) is 3.65. The van der Waals surface area contributed by atoms with Gasteiger partial charge in [0.05, 0.1) is 12.9 Å². The summed E-state index contributed by atoms with van der Waals surface area (Å²) < 4.78 is 5.05. The topological polar surface area (TPSA) is 101 Å². The van der Waals surface area contributed by atoms with E-state index in [2.05, 4.69) is 20.1 Å². The Balaban J connectivity index is 0.000000745. The number of amides is 1. The van der Waals surface area contributed by atoms with Gasteiger partial charge < -0.3 is 9.84 Å². The van der Waals surface area contributed by atoms with E-state index in [1.54, 1.807) is 31.4 Å². The van der Waals surface area contributed by atoms with Gasteiger partial charge in [0, 0.05) is 12.1 Å². The number of ketones is 2. The van der Waals surface area contributed by atoms with E-state index in [1.165, 1.54) is 19.4 Å². The molecule has 7 heteroatoms. The number of hydrogen-bond acceptors (Lipinski definition) is 5. The van der Waals surface area contributed by atoms with Crippen molar-refractivity contribution in [1.82, 2.24) is 0 Å². The van der Waals surface area contributed by atoms with Gasteiger partial charge in [-0.25, -0.2) is 0 Å². The lowest BCUT2D eigenvalue weighted by Gasteiger charge is -2.24. The van der Waals surface area contributed by atoms with Gasteiger partial charge >= 0.3 is 5.97 Å². The number of hydrogen-bond donors (Lipinski definition) is 1. The van der Waals surface area contributed by atoms with Gasteiger partial charge in [0.15, 0.2) is 0 Å². The highest BCUT2D eigenvalue weighted by molar-refractivity contribution is 6.24. The minimum absolute atomic E-state index is 0.256. The van der Waals surface area contributed by atoms with Crippen LogP contribution in [0, 0.1) is 6.92 Å². The molecule has 0 aromatic heterocycles. The van der Waals surface area contributed by atoms with Crippen LogP contribution in [0.4, 0.5) is 5.69 Å². The maximum atomic E-state index is 12.8. The Morgan fingerprint density at radius 1 is 1.17 bits per heavy atom. The summed E-state index contributed by atoms with van der Waals surface area (Å²) in [7, 11) is 1.68. The average Bonchev–Trinajstić information content (AvgIpc) is 3.00. The molecule has 0 bridgehead atoms. The average molecular weight is 486 g/mol. The number of carbonyl (C=O) groups is 4. The highest BCUT2D eigenvalue weighted by Crippen LogP contribution is 2.45. The summed E-state index contributed by atoms with van der Waals surface area (Å²) in [5.74, 6) is -1.60. The van der Waals surface area contributed by atoms with Crippen molar-refractivity contribution >= 4 is 29.1 Å². The maximum Gasteiger partial charge on any atom is 0.323 e. The fraction of sp³-hybridized carbons (Fsp3) is 0.429. The van der Waals surface area contributed by atoms with Crippen LogP contribution in [0.3, 0.4) is 0 Å². The number of methoxy groups -OCH3 is 1. The molecule has 0 saturated heterocycles. The molecule has 0 fully saturated rings. The number of benzene rings is 1. The third kappa shape index (κ3) is 7.77. The molecular weight excluding hydrogens is 446 g/mol. The molecule has 0 radical (unpaired) electrons. The summed E-state index contributed by atoms with van der Waals surface area (Å²) in [4.78, 5) is 48.8. The van der Waals surface area contributed by atoms with Crippen LogP contribution in [0.5, 0.6) is 0 Å². The van der Waals surface area contributed by atoms with Crippen molar-refractivity contribution in [2.45, 2.75) is 66.7 Å². The molecule has 1 aromatic rings. The SMILES string of the molecule is C=C(CC)/C(C)=C(\C)OC.C=CC.CC(=O)CC1(C(C)=O)C(=O)N(CC(=O)O)c2ccc(C)cc21. The number of carbonyl (C=O) groups excluding carboxylic acids is 3. The molecule has 7 nitrogen and oxygen atoms in total. The number of ether oxygens (including phenoxy) is 1. The van der Waals surface area contributed by atoms with E-state index in [-0.39, 0.29) is 12.2 Å². The monoisotopic (exact) mass is 485 g/mol. The Morgan fingerprint density at radius 2 is 1.71 bits per heavy atom.